The van der Waals surface area contributed by atoms with Crippen LogP contribution in [-0.4, -0.2) is 9.55 Å². The molecule has 2 heteroatoms. The summed E-state index contributed by atoms with van der Waals surface area (Å²) in [4.78, 5) is 4.38. The lowest BCUT2D eigenvalue weighted by Crippen LogP contribution is -1.87. The Labute approximate surface area is 76.8 Å². The van der Waals surface area contributed by atoms with Crippen molar-refractivity contribution < 1.29 is 0 Å². The summed E-state index contributed by atoms with van der Waals surface area (Å²) in [5, 5.41) is 0. The first-order valence-corrected chi connectivity index (χ1v) is 4.09. The summed E-state index contributed by atoms with van der Waals surface area (Å²) < 4.78 is 1.92. The second kappa shape index (κ2) is 2.90. The van der Waals surface area contributed by atoms with E-state index in [9.17, 15) is 0 Å². The van der Waals surface area contributed by atoms with Gasteiger partial charge in [-0.2, -0.15) is 0 Å². The van der Waals surface area contributed by atoms with Crippen molar-refractivity contribution in [2.45, 2.75) is 0 Å². The normalized spacial score (nSPS) is 10.2. The fourth-order valence-electron chi connectivity index (χ4n) is 1.40. The Morgan fingerprint density at radius 2 is 2.00 bits per heavy atom. The minimum atomic E-state index is 0.830. The van der Waals surface area contributed by atoms with Gasteiger partial charge in [0.05, 0.1) is 11.0 Å². The maximum atomic E-state index is 4.38. The van der Waals surface area contributed by atoms with Gasteiger partial charge in [-0.1, -0.05) is 25.3 Å². The average molecular weight is 170 g/mol. The van der Waals surface area contributed by atoms with Gasteiger partial charge in [0.2, 0.25) is 0 Å². The molecule has 64 valence electrons. The summed E-state index contributed by atoms with van der Waals surface area (Å²) in [6.07, 6.45) is 3.47. The van der Waals surface area contributed by atoms with Gasteiger partial charge < -0.3 is 4.57 Å². The number of imidazole rings is 1. The predicted molar refractivity (Wildman–Crippen MR) is 56.2 cm³/mol. The summed E-state index contributed by atoms with van der Waals surface area (Å²) in [5.41, 5.74) is 2.03. The van der Waals surface area contributed by atoms with E-state index in [1.807, 2.05) is 28.8 Å². The molecule has 2 rings (SSSR count). The fraction of sp³-hybridized carbons (Fsp3) is 0. The van der Waals surface area contributed by atoms with Crippen molar-refractivity contribution in [2.24, 2.45) is 0 Å². The molecule has 1 heterocycles. The number of rotatable bonds is 2. The molecule has 0 spiro atoms. The molecule has 0 amide bonds. The van der Waals surface area contributed by atoms with Gasteiger partial charge in [-0.25, -0.2) is 4.98 Å². The van der Waals surface area contributed by atoms with Gasteiger partial charge in [0.15, 0.2) is 0 Å². The lowest BCUT2D eigenvalue weighted by molar-refractivity contribution is 1.14. The Morgan fingerprint density at radius 3 is 2.69 bits per heavy atom. The van der Waals surface area contributed by atoms with E-state index >= 15 is 0 Å². The van der Waals surface area contributed by atoms with Crippen molar-refractivity contribution in [2.75, 3.05) is 0 Å². The minimum Gasteiger partial charge on any atom is -0.300 e. The monoisotopic (exact) mass is 170 g/mol. The SMILES string of the molecule is C=Cc1nc2ccccc2n1C=C. The fourth-order valence-corrected chi connectivity index (χ4v) is 1.40. The van der Waals surface area contributed by atoms with Crippen LogP contribution in [0.5, 0.6) is 0 Å². The van der Waals surface area contributed by atoms with Crippen LogP contribution < -0.4 is 0 Å². The van der Waals surface area contributed by atoms with Crippen molar-refractivity contribution in [1.29, 1.82) is 0 Å². The molecule has 0 N–H and O–H groups in total. The van der Waals surface area contributed by atoms with Crippen LogP contribution in [0, 0.1) is 0 Å². The van der Waals surface area contributed by atoms with Crippen LogP contribution in [0.2, 0.25) is 0 Å². The van der Waals surface area contributed by atoms with E-state index in [2.05, 4.69) is 18.1 Å². The summed E-state index contributed by atoms with van der Waals surface area (Å²) in [6.45, 7) is 7.44. The van der Waals surface area contributed by atoms with Crippen molar-refractivity contribution >= 4 is 23.3 Å². The van der Waals surface area contributed by atoms with E-state index in [-0.39, 0.29) is 0 Å². The summed E-state index contributed by atoms with van der Waals surface area (Å²) in [7, 11) is 0. The highest BCUT2D eigenvalue weighted by Crippen LogP contribution is 2.16. The molecule has 0 unspecified atom stereocenters. The van der Waals surface area contributed by atoms with E-state index < -0.39 is 0 Å². The van der Waals surface area contributed by atoms with Crippen LogP contribution in [-0.2, 0) is 0 Å². The molecule has 2 aromatic rings. The molecule has 0 bridgehead atoms. The second-order valence-corrected chi connectivity index (χ2v) is 2.72. The van der Waals surface area contributed by atoms with Crippen molar-refractivity contribution in [3.05, 3.63) is 43.2 Å². The quantitative estimate of drug-likeness (QED) is 0.677. The Bertz CT molecular complexity index is 466. The first-order valence-electron chi connectivity index (χ1n) is 4.09. The van der Waals surface area contributed by atoms with Gasteiger partial charge in [0.25, 0.3) is 0 Å². The molecule has 0 radical (unpaired) electrons. The van der Waals surface area contributed by atoms with Crippen LogP contribution in [0.1, 0.15) is 5.82 Å². The van der Waals surface area contributed by atoms with Gasteiger partial charge >= 0.3 is 0 Å². The maximum Gasteiger partial charge on any atom is 0.137 e. The Morgan fingerprint density at radius 1 is 1.23 bits per heavy atom. The van der Waals surface area contributed by atoms with Crippen LogP contribution in [0.3, 0.4) is 0 Å². The number of aromatic nitrogens is 2. The topological polar surface area (TPSA) is 17.8 Å². The highest BCUT2D eigenvalue weighted by molar-refractivity contribution is 5.79. The van der Waals surface area contributed by atoms with E-state index in [0.29, 0.717) is 0 Å². The van der Waals surface area contributed by atoms with Gasteiger partial charge in [0.1, 0.15) is 5.82 Å². The third-order valence-corrected chi connectivity index (χ3v) is 1.99. The number of para-hydroxylation sites is 2. The molecule has 0 saturated heterocycles. The molecule has 1 aromatic heterocycles. The van der Waals surface area contributed by atoms with Crippen LogP contribution in [0.15, 0.2) is 37.4 Å². The lowest BCUT2D eigenvalue weighted by atomic mass is 10.3. The molecule has 0 aliphatic rings. The molecular formula is C11H10N2. The number of nitrogens with zero attached hydrogens (tertiary/aromatic N) is 2. The Balaban J connectivity index is 2.88. The third-order valence-electron chi connectivity index (χ3n) is 1.99. The maximum absolute atomic E-state index is 4.38. The highest BCUT2D eigenvalue weighted by Gasteiger charge is 2.03. The molecule has 0 saturated carbocycles. The molecule has 0 aliphatic carbocycles. The standard InChI is InChI=1S/C11H10N2/c1-3-11-12-9-7-5-6-8-10(9)13(11)4-2/h3-8H,1-2H2. The molecule has 0 atom stereocenters. The van der Waals surface area contributed by atoms with E-state index in [1.54, 1.807) is 12.3 Å². The summed E-state index contributed by atoms with van der Waals surface area (Å²) in [6, 6.07) is 7.94. The summed E-state index contributed by atoms with van der Waals surface area (Å²) in [5.74, 6) is 0.830. The summed E-state index contributed by atoms with van der Waals surface area (Å²) >= 11 is 0. The largest absolute Gasteiger partial charge is 0.300 e. The first kappa shape index (κ1) is 7.80. The van der Waals surface area contributed by atoms with Crippen molar-refractivity contribution in [1.82, 2.24) is 9.55 Å². The van der Waals surface area contributed by atoms with E-state index in [1.165, 1.54) is 0 Å². The van der Waals surface area contributed by atoms with Crippen molar-refractivity contribution in [3.8, 4) is 0 Å². The molecule has 1 aromatic carbocycles. The molecule has 2 nitrogen and oxygen atoms in total. The van der Waals surface area contributed by atoms with Gasteiger partial charge in [-0.3, -0.25) is 0 Å². The average Bonchev–Trinajstić information content (AvgIpc) is 2.55. The predicted octanol–water partition coefficient (Wildman–Crippen LogP) is 2.78. The highest BCUT2D eigenvalue weighted by atomic mass is 15.1. The zero-order valence-corrected chi connectivity index (χ0v) is 7.27. The van der Waals surface area contributed by atoms with Gasteiger partial charge in [-0.05, 0) is 18.2 Å². The van der Waals surface area contributed by atoms with E-state index in [0.717, 1.165) is 16.9 Å². The second-order valence-electron chi connectivity index (χ2n) is 2.72. The van der Waals surface area contributed by atoms with Crippen LogP contribution in [0.4, 0.5) is 0 Å². The zero-order chi connectivity index (χ0) is 9.26. The molecule has 13 heavy (non-hydrogen) atoms. The Hall–Kier alpha value is -1.83. The molecular weight excluding hydrogens is 160 g/mol. The van der Waals surface area contributed by atoms with Gasteiger partial charge in [-0.15, -0.1) is 0 Å². The Kier molecular flexibility index (Phi) is 1.74. The molecule has 0 fully saturated rings. The number of hydrogen-bond donors (Lipinski definition) is 0. The smallest absolute Gasteiger partial charge is 0.137 e. The van der Waals surface area contributed by atoms with Crippen LogP contribution in [0.25, 0.3) is 23.3 Å². The number of benzene rings is 1. The first-order chi connectivity index (χ1) is 6.36. The lowest BCUT2D eigenvalue weighted by Gasteiger charge is -1.96. The molecule has 0 aliphatic heterocycles. The minimum absolute atomic E-state index is 0.830. The number of hydrogen-bond acceptors (Lipinski definition) is 1. The third kappa shape index (κ3) is 1.07. The zero-order valence-electron chi connectivity index (χ0n) is 7.27. The number of fused-ring (bicyclic) bond motifs is 1. The van der Waals surface area contributed by atoms with E-state index in [4.69, 9.17) is 0 Å². The van der Waals surface area contributed by atoms with Crippen LogP contribution >= 0.6 is 0 Å². The van der Waals surface area contributed by atoms with Crippen molar-refractivity contribution in [3.63, 3.8) is 0 Å². The van der Waals surface area contributed by atoms with Gasteiger partial charge in [0, 0.05) is 6.20 Å².